The van der Waals surface area contributed by atoms with Crippen molar-refractivity contribution in [1.29, 1.82) is 0 Å². The van der Waals surface area contributed by atoms with Gasteiger partial charge in [-0.2, -0.15) is 0 Å². The van der Waals surface area contributed by atoms with Crippen LogP contribution in [0.3, 0.4) is 0 Å². The number of carbonyl (C=O) groups is 2. The van der Waals surface area contributed by atoms with Crippen LogP contribution in [0.5, 0.6) is 5.75 Å². The van der Waals surface area contributed by atoms with Crippen molar-refractivity contribution in [3.05, 3.63) is 58.6 Å². The van der Waals surface area contributed by atoms with Gasteiger partial charge in [-0.1, -0.05) is 28.1 Å². The minimum absolute atomic E-state index is 0.182. The number of hydrogen-bond donors (Lipinski definition) is 2. The third kappa shape index (κ3) is 5.38. The van der Waals surface area contributed by atoms with Gasteiger partial charge in [0.2, 0.25) is 5.91 Å². The highest BCUT2D eigenvalue weighted by atomic mass is 79.9. The minimum atomic E-state index is -0.204. The predicted octanol–water partition coefficient (Wildman–Crippen LogP) is 3.61. The summed E-state index contributed by atoms with van der Waals surface area (Å²) < 4.78 is 6.37. The van der Waals surface area contributed by atoms with Gasteiger partial charge in [0.25, 0.3) is 5.91 Å². The van der Waals surface area contributed by atoms with Crippen LogP contribution < -0.4 is 15.4 Å². The molecule has 0 aliphatic carbocycles. The van der Waals surface area contributed by atoms with E-state index in [9.17, 15) is 9.59 Å². The molecule has 0 unspecified atom stereocenters. The zero-order valence-corrected chi connectivity index (χ0v) is 14.9. The molecule has 24 heavy (non-hydrogen) atoms. The van der Waals surface area contributed by atoms with Gasteiger partial charge in [-0.25, -0.2) is 0 Å². The van der Waals surface area contributed by atoms with E-state index in [0.29, 0.717) is 23.6 Å². The largest absolute Gasteiger partial charge is 0.492 e. The molecule has 0 aliphatic rings. The molecule has 0 heterocycles. The number of hydrogen-bond acceptors (Lipinski definition) is 3. The van der Waals surface area contributed by atoms with Crippen molar-refractivity contribution < 1.29 is 14.3 Å². The zero-order chi connectivity index (χ0) is 17.4. The van der Waals surface area contributed by atoms with E-state index < -0.39 is 0 Å². The minimum Gasteiger partial charge on any atom is -0.492 e. The number of benzene rings is 2. The van der Waals surface area contributed by atoms with Crippen molar-refractivity contribution in [2.24, 2.45) is 0 Å². The normalized spacial score (nSPS) is 10.1. The molecule has 0 atom stereocenters. The smallest absolute Gasteiger partial charge is 0.251 e. The van der Waals surface area contributed by atoms with E-state index >= 15 is 0 Å². The second-order valence-corrected chi connectivity index (χ2v) is 5.91. The Bertz CT molecular complexity index is 702. The lowest BCUT2D eigenvalue weighted by Gasteiger charge is -2.11. The molecule has 0 fully saturated rings. The quantitative estimate of drug-likeness (QED) is 0.758. The van der Waals surface area contributed by atoms with Crippen LogP contribution in [0, 0.1) is 0 Å². The van der Waals surface area contributed by atoms with Gasteiger partial charge >= 0.3 is 0 Å². The Labute approximate surface area is 149 Å². The first-order valence-corrected chi connectivity index (χ1v) is 8.45. The molecule has 0 radical (unpaired) electrons. The molecule has 2 rings (SSSR count). The molecular formula is C18H19BrN2O3. The average molecular weight is 391 g/mol. The molecule has 0 bridgehead atoms. The topological polar surface area (TPSA) is 67.4 Å². The molecule has 0 spiro atoms. The molecule has 6 heteroatoms. The van der Waals surface area contributed by atoms with E-state index in [-0.39, 0.29) is 24.8 Å². The van der Waals surface area contributed by atoms with E-state index in [2.05, 4.69) is 26.6 Å². The van der Waals surface area contributed by atoms with Gasteiger partial charge in [0.15, 0.2) is 0 Å². The summed E-state index contributed by atoms with van der Waals surface area (Å²) in [6.07, 6.45) is 0.183. The van der Waals surface area contributed by atoms with E-state index in [1.165, 1.54) is 0 Å². The number of ether oxygens (including phenoxy) is 1. The van der Waals surface area contributed by atoms with Gasteiger partial charge in [-0.15, -0.1) is 0 Å². The summed E-state index contributed by atoms with van der Waals surface area (Å²) in [4.78, 5) is 24.0. The zero-order valence-electron chi connectivity index (χ0n) is 13.3. The molecule has 2 amide bonds. The van der Waals surface area contributed by atoms with E-state index in [1.54, 1.807) is 36.4 Å². The molecule has 2 aromatic carbocycles. The van der Waals surface area contributed by atoms with Crippen LogP contribution in [0.1, 0.15) is 23.7 Å². The number of rotatable bonds is 7. The molecule has 0 saturated heterocycles. The summed E-state index contributed by atoms with van der Waals surface area (Å²) in [7, 11) is 0. The summed E-state index contributed by atoms with van der Waals surface area (Å²) in [6.45, 7) is 2.67. The fourth-order valence-corrected chi connectivity index (χ4v) is 2.32. The van der Waals surface area contributed by atoms with Crippen molar-refractivity contribution in [2.45, 2.75) is 13.3 Å². The standard InChI is InChI=1S/C18H19BrN2O3/c1-2-24-16-6-4-3-5-15(16)21-17(22)11-12-20-18(23)13-7-9-14(19)10-8-13/h3-10H,2,11-12H2,1H3,(H,20,23)(H,21,22). The van der Waals surface area contributed by atoms with Crippen LogP contribution in [-0.2, 0) is 4.79 Å². The van der Waals surface area contributed by atoms with Crippen molar-refractivity contribution in [3.8, 4) is 5.75 Å². The Kier molecular flexibility index (Phi) is 6.81. The Hall–Kier alpha value is -2.34. The first kappa shape index (κ1) is 18.0. The van der Waals surface area contributed by atoms with Crippen LogP contribution >= 0.6 is 15.9 Å². The Morgan fingerprint density at radius 1 is 1.08 bits per heavy atom. The second kappa shape index (κ2) is 9.08. The van der Waals surface area contributed by atoms with Crippen molar-refractivity contribution in [3.63, 3.8) is 0 Å². The first-order valence-electron chi connectivity index (χ1n) is 7.65. The maximum absolute atomic E-state index is 12.0. The number of nitrogens with one attached hydrogen (secondary N) is 2. The maximum atomic E-state index is 12.0. The van der Waals surface area contributed by atoms with E-state index in [0.717, 1.165) is 4.47 Å². The summed E-state index contributed by atoms with van der Waals surface area (Å²) in [5, 5.41) is 5.52. The lowest BCUT2D eigenvalue weighted by molar-refractivity contribution is -0.116. The number of halogens is 1. The van der Waals surface area contributed by atoms with Crippen LogP contribution in [-0.4, -0.2) is 25.0 Å². The molecule has 126 valence electrons. The van der Waals surface area contributed by atoms with Crippen LogP contribution in [0.25, 0.3) is 0 Å². The fraction of sp³-hybridized carbons (Fsp3) is 0.222. The molecule has 2 aromatic rings. The van der Waals surface area contributed by atoms with E-state index in [1.807, 2.05) is 19.1 Å². The highest BCUT2D eigenvalue weighted by Crippen LogP contribution is 2.23. The lowest BCUT2D eigenvalue weighted by Crippen LogP contribution is -2.27. The number of anilines is 1. The highest BCUT2D eigenvalue weighted by molar-refractivity contribution is 9.10. The van der Waals surface area contributed by atoms with Gasteiger partial charge in [0.05, 0.1) is 12.3 Å². The fourth-order valence-electron chi connectivity index (χ4n) is 2.06. The van der Waals surface area contributed by atoms with Crippen molar-refractivity contribution in [1.82, 2.24) is 5.32 Å². The van der Waals surface area contributed by atoms with Crippen LogP contribution in [0.4, 0.5) is 5.69 Å². The van der Waals surface area contributed by atoms with Gasteiger partial charge in [-0.3, -0.25) is 9.59 Å². The number of carbonyl (C=O) groups excluding carboxylic acids is 2. The van der Waals surface area contributed by atoms with Crippen molar-refractivity contribution >= 4 is 33.4 Å². The Morgan fingerprint density at radius 2 is 1.79 bits per heavy atom. The Balaban J connectivity index is 1.81. The third-order valence-electron chi connectivity index (χ3n) is 3.21. The molecule has 5 nitrogen and oxygen atoms in total. The predicted molar refractivity (Wildman–Crippen MR) is 97.3 cm³/mol. The maximum Gasteiger partial charge on any atom is 0.251 e. The van der Waals surface area contributed by atoms with Crippen molar-refractivity contribution in [2.75, 3.05) is 18.5 Å². The summed E-state index contributed by atoms with van der Waals surface area (Å²) in [6, 6.07) is 14.3. The van der Waals surface area contributed by atoms with Gasteiger partial charge in [0, 0.05) is 23.0 Å². The molecule has 2 N–H and O–H groups in total. The molecular weight excluding hydrogens is 372 g/mol. The summed E-state index contributed by atoms with van der Waals surface area (Å²) in [5.41, 5.74) is 1.18. The average Bonchev–Trinajstić information content (AvgIpc) is 2.57. The monoisotopic (exact) mass is 390 g/mol. The molecule has 0 aromatic heterocycles. The highest BCUT2D eigenvalue weighted by Gasteiger charge is 2.09. The number of amides is 2. The molecule has 0 saturated carbocycles. The SMILES string of the molecule is CCOc1ccccc1NC(=O)CCNC(=O)c1ccc(Br)cc1. The van der Waals surface area contributed by atoms with E-state index in [4.69, 9.17) is 4.74 Å². The number of para-hydroxylation sites is 2. The Morgan fingerprint density at radius 3 is 2.50 bits per heavy atom. The summed E-state index contributed by atoms with van der Waals surface area (Å²) >= 11 is 3.32. The van der Waals surface area contributed by atoms with Gasteiger partial charge in [0.1, 0.15) is 5.75 Å². The lowest BCUT2D eigenvalue weighted by atomic mass is 10.2. The second-order valence-electron chi connectivity index (χ2n) is 4.99. The third-order valence-corrected chi connectivity index (χ3v) is 3.73. The first-order chi connectivity index (χ1) is 11.6. The summed E-state index contributed by atoms with van der Waals surface area (Å²) in [5.74, 6) is 0.246. The van der Waals surface area contributed by atoms with Crippen LogP contribution in [0.2, 0.25) is 0 Å². The van der Waals surface area contributed by atoms with Gasteiger partial charge < -0.3 is 15.4 Å². The van der Waals surface area contributed by atoms with Crippen LogP contribution in [0.15, 0.2) is 53.0 Å². The molecule has 0 aliphatic heterocycles. The van der Waals surface area contributed by atoms with Gasteiger partial charge in [-0.05, 0) is 43.3 Å².